The summed E-state index contributed by atoms with van der Waals surface area (Å²) < 4.78 is 13.6. The second-order valence-electron chi connectivity index (χ2n) is 5.87. The molecular weight excluding hydrogens is 291 g/mol. The zero-order chi connectivity index (χ0) is 15.4. The van der Waals surface area contributed by atoms with Gasteiger partial charge in [0.1, 0.15) is 5.82 Å². The molecule has 0 radical (unpaired) electrons. The third-order valence-electron chi connectivity index (χ3n) is 4.16. The quantitative estimate of drug-likeness (QED) is 0.883. The first kappa shape index (κ1) is 16.2. The van der Waals surface area contributed by atoms with Crippen LogP contribution in [-0.4, -0.2) is 18.0 Å². The summed E-state index contributed by atoms with van der Waals surface area (Å²) in [5.41, 5.74) is 0.123. The van der Waals surface area contributed by atoms with E-state index in [1.54, 1.807) is 6.92 Å². The van der Waals surface area contributed by atoms with E-state index in [1.807, 2.05) is 0 Å². The average molecular weight is 313 g/mol. The summed E-state index contributed by atoms with van der Waals surface area (Å²) in [5, 5.41) is 6.35. The van der Waals surface area contributed by atoms with E-state index < -0.39 is 5.82 Å². The molecule has 0 heterocycles. The van der Waals surface area contributed by atoms with Crippen molar-refractivity contribution < 1.29 is 9.18 Å². The first-order valence-electron chi connectivity index (χ1n) is 7.49. The number of carbonyl (C=O) groups excluding carboxylic acids is 1. The van der Waals surface area contributed by atoms with Gasteiger partial charge < -0.3 is 10.6 Å². The van der Waals surface area contributed by atoms with Crippen LogP contribution >= 0.6 is 11.6 Å². The predicted molar refractivity (Wildman–Crippen MR) is 84.1 cm³/mol. The van der Waals surface area contributed by atoms with Crippen molar-refractivity contribution in [1.82, 2.24) is 5.32 Å². The van der Waals surface area contributed by atoms with Gasteiger partial charge in [0.2, 0.25) is 5.91 Å². The smallest absolute Gasteiger partial charge is 0.241 e. The summed E-state index contributed by atoms with van der Waals surface area (Å²) >= 11 is 5.82. The Morgan fingerprint density at radius 1 is 1.38 bits per heavy atom. The summed E-state index contributed by atoms with van der Waals surface area (Å²) in [7, 11) is 0. The van der Waals surface area contributed by atoms with Crippen LogP contribution in [0.15, 0.2) is 18.2 Å². The van der Waals surface area contributed by atoms with E-state index in [-0.39, 0.29) is 17.6 Å². The van der Waals surface area contributed by atoms with E-state index in [1.165, 1.54) is 37.5 Å². The molecule has 116 valence electrons. The predicted octanol–water partition coefficient (Wildman–Crippen LogP) is 3.97. The molecule has 0 bridgehead atoms. The third-order valence-corrected chi connectivity index (χ3v) is 4.39. The number of amides is 1. The molecule has 21 heavy (non-hydrogen) atoms. The molecule has 1 aromatic rings. The number of halogens is 2. The first-order chi connectivity index (χ1) is 9.97. The molecule has 0 saturated heterocycles. The SMILES string of the molecule is CC(NC1CCCCC1C)C(=O)Nc1cc(Cl)ccc1F. The number of rotatable bonds is 4. The van der Waals surface area contributed by atoms with Crippen LogP contribution in [0.25, 0.3) is 0 Å². The van der Waals surface area contributed by atoms with Crippen LogP contribution < -0.4 is 10.6 Å². The Morgan fingerprint density at radius 2 is 2.10 bits per heavy atom. The van der Waals surface area contributed by atoms with E-state index in [2.05, 4.69) is 17.6 Å². The molecular formula is C16H22ClFN2O. The monoisotopic (exact) mass is 312 g/mol. The largest absolute Gasteiger partial charge is 0.322 e. The minimum atomic E-state index is -0.481. The molecule has 0 spiro atoms. The highest BCUT2D eigenvalue weighted by molar-refractivity contribution is 6.30. The standard InChI is InChI=1S/C16H22ClFN2O/c1-10-5-3-4-6-14(10)19-11(2)16(21)20-15-9-12(17)7-8-13(15)18/h7-11,14,19H,3-6H2,1-2H3,(H,20,21). The number of carbonyl (C=O) groups is 1. The summed E-state index contributed by atoms with van der Waals surface area (Å²) in [6.45, 7) is 4.01. The fraction of sp³-hybridized carbons (Fsp3) is 0.562. The molecule has 3 nitrogen and oxygen atoms in total. The number of anilines is 1. The number of hydrogen-bond donors (Lipinski definition) is 2. The molecule has 3 unspecified atom stereocenters. The molecule has 3 atom stereocenters. The van der Waals surface area contributed by atoms with Crippen LogP contribution in [0.1, 0.15) is 39.5 Å². The second-order valence-corrected chi connectivity index (χ2v) is 6.31. The lowest BCUT2D eigenvalue weighted by Gasteiger charge is -2.31. The Balaban J connectivity index is 1.94. The van der Waals surface area contributed by atoms with Gasteiger partial charge in [-0.2, -0.15) is 0 Å². The van der Waals surface area contributed by atoms with Crippen molar-refractivity contribution in [2.24, 2.45) is 5.92 Å². The van der Waals surface area contributed by atoms with Crippen molar-refractivity contribution >= 4 is 23.2 Å². The van der Waals surface area contributed by atoms with Crippen molar-refractivity contribution in [3.63, 3.8) is 0 Å². The molecule has 1 saturated carbocycles. The van der Waals surface area contributed by atoms with Gasteiger partial charge in [-0.15, -0.1) is 0 Å². The molecule has 1 amide bonds. The molecule has 1 aromatic carbocycles. The van der Waals surface area contributed by atoms with E-state index in [9.17, 15) is 9.18 Å². The van der Waals surface area contributed by atoms with Gasteiger partial charge in [0.05, 0.1) is 11.7 Å². The highest BCUT2D eigenvalue weighted by atomic mass is 35.5. The lowest BCUT2D eigenvalue weighted by molar-refractivity contribution is -0.118. The third kappa shape index (κ3) is 4.42. The Morgan fingerprint density at radius 3 is 2.81 bits per heavy atom. The van der Waals surface area contributed by atoms with Crippen molar-refractivity contribution in [3.8, 4) is 0 Å². The zero-order valence-electron chi connectivity index (χ0n) is 12.5. The number of hydrogen-bond acceptors (Lipinski definition) is 2. The Kier molecular flexibility index (Phi) is 5.59. The molecule has 2 rings (SSSR count). The maximum absolute atomic E-state index is 13.6. The van der Waals surface area contributed by atoms with Gasteiger partial charge in [0.25, 0.3) is 0 Å². The van der Waals surface area contributed by atoms with Gasteiger partial charge in [-0.05, 0) is 43.9 Å². The van der Waals surface area contributed by atoms with Gasteiger partial charge in [-0.1, -0.05) is 31.4 Å². The van der Waals surface area contributed by atoms with E-state index >= 15 is 0 Å². The molecule has 0 aliphatic heterocycles. The highest BCUT2D eigenvalue weighted by Gasteiger charge is 2.25. The van der Waals surface area contributed by atoms with Crippen LogP contribution in [0.3, 0.4) is 0 Å². The fourth-order valence-corrected chi connectivity index (χ4v) is 2.97. The van der Waals surface area contributed by atoms with Crippen LogP contribution in [0, 0.1) is 11.7 Å². The molecule has 1 aliphatic rings. The number of nitrogens with one attached hydrogen (secondary N) is 2. The second kappa shape index (κ2) is 7.23. The van der Waals surface area contributed by atoms with Crippen LogP contribution in [0.4, 0.5) is 10.1 Å². The molecule has 1 aliphatic carbocycles. The molecule has 0 aromatic heterocycles. The fourth-order valence-electron chi connectivity index (χ4n) is 2.79. The maximum atomic E-state index is 13.6. The van der Waals surface area contributed by atoms with Gasteiger partial charge in [0.15, 0.2) is 0 Å². The van der Waals surface area contributed by atoms with E-state index in [4.69, 9.17) is 11.6 Å². The summed E-state index contributed by atoms with van der Waals surface area (Å²) in [6, 6.07) is 4.11. The maximum Gasteiger partial charge on any atom is 0.241 e. The Bertz CT molecular complexity index is 509. The van der Waals surface area contributed by atoms with Crippen LogP contribution in [-0.2, 0) is 4.79 Å². The van der Waals surface area contributed by atoms with Gasteiger partial charge >= 0.3 is 0 Å². The Hall–Kier alpha value is -1.13. The van der Waals surface area contributed by atoms with E-state index in [0.717, 1.165) is 6.42 Å². The van der Waals surface area contributed by atoms with E-state index in [0.29, 0.717) is 17.0 Å². The number of benzene rings is 1. The van der Waals surface area contributed by atoms with Crippen molar-refractivity contribution in [1.29, 1.82) is 0 Å². The summed E-state index contributed by atoms with van der Waals surface area (Å²) in [6.07, 6.45) is 4.73. The lowest BCUT2D eigenvalue weighted by Crippen LogP contribution is -2.47. The van der Waals surface area contributed by atoms with Crippen molar-refractivity contribution in [3.05, 3.63) is 29.0 Å². The normalized spacial score (nSPS) is 23.6. The molecule has 5 heteroatoms. The molecule has 1 fully saturated rings. The lowest BCUT2D eigenvalue weighted by atomic mass is 9.85. The minimum absolute atomic E-state index is 0.123. The van der Waals surface area contributed by atoms with Gasteiger partial charge in [-0.25, -0.2) is 4.39 Å². The Labute approximate surface area is 130 Å². The van der Waals surface area contributed by atoms with Crippen LogP contribution in [0.2, 0.25) is 5.02 Å². The van der Waals surface area contributed by atoms with Gasteiger partial charge in [0, 0.05) is 11.1 Å². The zero-order valence-corrected chi connectivity index (χ0v) is 13.2. The topological polar surface area (TPSA) is 41.1 Å². The van der Waals surface area contributed by atoms with Crippen molar-refractivity contribution in [2.45, 2.75) is 51.6 Å². The summed E-state index contributed by atoms with van der Waals surface area (Å²) in [4.78, 5) is 12.2. The van der Waals surface area contributed by atoms with Gasteiger partial charge in [-0.3, -0.25) is 4.79 Å². The van der Waals surface area contributed by atoms with Crippen LogP contribution in [0.5, 0.6) is 0 Å². The van der Waals surface area contributed by atoms with Crippen molar-refractivity contribution in [2.75, 3.05) is 5.32 Å². The first-order valence-corrected chi connectivity index (χ1v) is 7.87. The average Bonchev–Trinajstić information content (AvgIpc) is 2.45. The summed E-state index contributed by atoms with van der Waals surface area (Å²) in [5.74, 6) is -0.156. The highest BCUT2D eigenvalue weighted by Crippen LogP contribution is 2.24. The minimum Gasteiger partial charge on any atom is -0.322 e. The molecule has 2 N–H and O–H groups in total.